The summed E-state index contributed by atoms with van der Waals surface area (Å²) in [4.78, 5) is 13.5. The van der Waals surface area contributed by atoms with Gasteiger partial charge in [-0.15, -0.1) is 0 Å². The van der Waals surface area contributed by atoms with E-state index in [0.717, 1.165) is 24.1 Å². The Morgan fingerprint density at radius 2 is 2.16 bits per heavy atom. The molecule has 1 amide bonds. The Bertz CT molecular complexity index is 711. The van der Waals surface area contributed by atoms with Gasteiger partial charge >= 0.3 is 6.09 Å². The van der Waals surface area contributed by atoms with Crippen molar-refractivity contribution in [2.24, 2.45) is 0 Å². The molecule has 25 heavy (non-hydrogen) atoms. The van der Waals surface area contributed by atoms with Crippen molar-refractivity contribution >= 4 is 17.7 Å². The molecule has 1 aromatic carbocycles. The van der Waals surface area contributed by atoms with Crippen LogP contribution in [-0.2, 0) is 11.3 Å². The van der Waals surface area contributed by atoms with Crippen LogP contribution in [-0.4, -0.2) is 41.9 Å². The average molecular weight is 364 g/mol. The Morgan fingerprint density at radius 3 is 2.88 bits per heavy atom. The van der Waals surface area contributed by atoms with Crippen molar-refractivity contribution in [3.05, 3.63) is 41.0 Å². The number of piperidine rings is 1. The molecule has 134 valence electrons. The van der Waals surface area contributed by atoms with E-state index in [9.17, 15) is 4.79 Å². The quantitative estimate of drug-likeness (QED) is 0.877. The van der Waals surface area contributed by atoms with Crippen molar-refractivity contribution in [3.63, 3.8) is 0 Å². The van der Waals surface area contributed by atoms with E-state index in [0.29, 0.717) is 43.1 Å². The van der Waals surface area contributed by atoms with Crippen LogP contribution < -0.4 is 5.32 Å². The van der Waals surface area contributed by atoms with Gasteiger partial charge in [0.1, 0.15) is 0 Å². The molecule has 0 radical (unpaired) electrons. The van der Waals surface area contributed by atoms with Crippen molar-refractivity contribution < 1.29 is 14.1 Å². The van der Waals surface area contributed by atoms with Gasteiger partial charge in [-0.1, -0.05) is 28.9 Å². The molecular formula is C18H22ClN3O3. The maximum Gasteiger partial charge on any atom is 0.409 e. The third kappa shape index (κ3) is 4.52. The molecule has 2 aromatic rings. The number of likely N-dealkylation sites (tertiary alicyclic amines) is 1. The number of benzene rings is 1. The van der Waals surface area contributed by atoms with Gasteiger partial charge < -0.3 is 19.5 Å². The Morgan fingerprint density at radius 1 is 1.40 bits per heavy atom. The van der Waals surface area contributed by atoms with E-state index in [2.05, 4.69) is 10.5 Å². The highest BCUT2D eigenvalue weighted by atomic mass is 35.5. The van der Waals surface area contributed by atoms with Crippen LogP contribution in [0.5, 0.6) is 0 Å². The van der Waals surface area contributed by atoms with Crippen molar-refractivity contribution in [3.8, 4) is 11.3 Å². The summed E-state index contributed by atoms with van der Waals surface area (Å²) in [6.45, 7) is 4.27. The molecule has 7 heteroatoms. The second-order valence-electron chi connectivity index (χ2n) is 6.00. The minimum absolute atomic E-state index is 0.221. The van der Waals surface area contributed by atoms with E-state index in [1.807, 2.05) is 37.3 Å². The van der Waals surface area contributed by atoms with Crippen LogP contribution in [0.25, 0.3) is 11.3 Å². The molecule has 0 bridgehead atoms. The minimum atomic E-state index is -0.221. The van der Waals surface area contributed by atoms with Crippen LogP contribution in [0, 0.1) is 0 Å². The van der Waals surface area contributed by atoms with Gasteiger partial charge in [0.15, 0.2) is 5.76 Å². The van der Waals surface area contributed by atoms with Crippen LogP contribution in [0.4, 0.5) is 4.79 Å². The number of carbonyl (C=O) groups is 1. The third-order valence-corrected chi connectivity index (χ3v) is 4.62. The van der Waals surface area contributed by atoms with Gasteiger partial charge in [0.25, 0.3) is 0 Å². The lowest BCUT2D eigenvalue weighted by atomic mass is 10.1. The second kappa shape index (κ2) is 8.36. The number of hydrogen-bond acceptors (Lipinski definition) is 5. The lowest BCUT2D eigenvalue weighted by Gasteiger charge is -2.31. The van der Waals surface area contributed by atoms with E-state index >= 15 is 0 Å². The van der Waals surface area contributed by atoms with E-state index in [1.165, 1.54) is 0 Å². The molecule has 1 aliphatic heterocycles. The largest absolute Gasteiger partial charge is 0.450 e. The smallest absolute Gasteiger partial charge is 0.409 e. The zero-order valence-corrected chi connectivity index (χ0v) is 15.0. The number of hydrogen-bond donors (Lipinski definition) is 1. The highest BCUT2D eigenvalue weighted by Crippen LogP contribution is 2.28. The van der Waals surface area contributed by atoms with Crippen molar-refractivity contribution in [2.75, 3.05) is 19.7 Å². The normalized spacial score (nSPS) is 15.4. The number of halogens is 1. The number of ether oxygens (including phenoxy) is 1. The molecule has 1 fully saturated rings. The molecule has 3 rings (SSSR count). The van der Waals surface area contributed by atoms with E-state index in [-0.39, 0.29) is 6.09 Å². The van der Waals surface area contributed by atoms with Gasteiger partial charge in [-0.25, -0.2) is 4.79 Å². The predicted molar refractivity (Wildman–Crippen MR) is 95.4 cm³/mol. The van der Waals surface area contributed by atoms with E-state index < -0.39 is 0 Å². The molecule has 0 aliphatic carbocycles. The second-order valence-corrected chi connectivity index (χ2v) is 6.41. The molecule has 0 saturated carbocycles. The molecule has 2 heterocycles. The SMILES string of the molecule is CCOC(=O)N1CCC(NCc2cc(-c3ccccc3Cl)on2)CC1. The van der Waals surface area contributed by atoms with Crippen molar-refractivity contribution in [2.45, 2.75) is 32.4 Å². The fourth-order valence-electron chi connectivity index (χ4n) is 2.91. The number of rotatable bonds is 5. The molecule has 1 saturated heterocycles. The molecule has 1 aliphatic rings. The highest BCUT2D eigenvalue weighted by molar-refractivity contribution is 6.33. The summed E-state index contributed by atoms with van der Waals surface area (Å²) in [6, 6.07) is 9.79. The van der Waals surface area contributed by atoms with Gasteiger partial charge in [0.05, 0.1) is 17.3 Å². The van der Waals surface area contributed by atoms with Gasteiger partial charge in [0, 0.05) is 37.3 Å². The topological polar surface area (TPSA) is 67.6 Å². The number of aromatic nitrogens is 1. The van der Waals surface area contributed by atoms with Crippen LogP contribution in [0.2, 0.25) is 5.02 Å². The summed E-state index contributed by atoms with van der Waals surface area (Å²) < 4.78 is 10.4. The van der Waals surface area contributed by atoms with Gasteiger partial charge in [-0.2, -0.15) is 0 Å². The number of amides is 1. The Hall–Kier alpha value is -2.05. The first-order valence-corrected chi connectivity index (χ1v) is 8.90. The van der Waals surface area contributed by atoms with Crippen LogP contribution in [0.15, 0.2) is 34.9 Å². The zero-order chi connectivity index (χ0) is 17.6. The molecular weight excluding hydrogens is 342 g/mol. The van der Waals surface area contributed by atoms with Gasteiger partial charge in [-0.05, 0) is 31.9 Å². The summed E-state index contributed by atoms with van der Waals surface area (Å²) in [5, 5.41) is 8.22. The number of carbonyl (C=O) groups excluding carboxylic acids is 1. The summed E-state index contributed by atoms with van der Waals surface area (Å²) in [7, 11) is 0. The van der Waals surface area contributed by atoms with Crippen molar-refractivity contribution in [1.82, 2.24) is 15.4 Å². The molecule has 0 unspecified atom stereocenters. The first-order chi connectivity index (χ1) is 12.2. The fourth-order valence-corrected chi connectivity index (χ4v) is 3.14. The maximum absolute atomic E-state index is 11.7. The lowest BCUT2D eigenvalue weighted by molar-refractivity contribution is 0.0949. The maximum atomic E-state index is 11.7. The Balaban J connectivity index is 1.49. The lowest BCUT2D eigenvalue weighted by Crippen LogP contribution is -2.44. The monoisotopic (exact) mass is 363 g/mol. The fraction of sp³-hybridized carbons (Fsp3) is 0.444. The molecule has 0 atom stereocenters. The summed E-state index contributed by atoms with van der Waals surface area (Å²) in [6.07, 6.45) is 1.57. The number of nitrogens with zero attached hydrogens (tertiary/aromatic N) is 2. The minimum Gasteiger partial charge on any atom is -0.450 e. The molecule has 0 spiro atoms. The van der Waals surface area contributed by atoms with Crippen LogP contribution in [0.1, 0.15) is 25.5 Å². The average Bonchev–Trinajstić information content (AvgIpc) is 3.10. The highest BCUT2D eigenvalue weighted by Gasteiger charge is 2.23. The summed E-state index contributed by atoms with van der Waals surface area (Å²) in [5.41, 5.74) is 1.67. The zero-order valence-electron chi connectivity index (χ0n) is 14.2. The van der Waals surface area contributed by atoms with Gasteiger partial charge in [0.2, 0.25) is 0 Å². The summed E-state index contributed by atoms with van der Waals surface area (Å²) >= 11 is 6.18. The molecule has 1 N–H and O–H groups in total. The van der Waals surface area contributed by atoms with Crippen LogP contribution >= 0.6 is 11.6 Å². The Labute approximate surface area is 152 Å². The molecule has 6 nitrogen and oxygen atoms in total. The van der Waals surface area contributed by atoms with Crippen LogP contribution in [0.3, 0.4) is 0 Å². The Kier molecular flexibility index (Phi) is 5.94. The first-order valence-electron chi connectivity index (χ1n) is 8.53. The first kappa shape index (κ1) is 17.8. The number of nitrogens with one attached hydrogen (secondary N) is 1. The third-order valence-electron chi connectivity index (χ3n) is 4.29. The van der Waals surface area contributed by atoms with E-state index in [4.69, 9.17) is 20.9 Å². The van der Waals surface area contributed by atoms with Crippen molar-refractivity contribution in [1.29, 1.82) is 0 Å². The predicted octanol–water partition coefficient (Wildman–Crippen LogP) is 3.71. The van der Waals surface area contributed by atoms with Gasteiger partial charge in [-0.3, -0.25) is 0 Å². The van der Waals surface area contributed by atoms with E-state index in [1.54, 1.807) is 4.90 Å². The summed E-state index contributed by atoms with van der Waals surface area (Å²) in [5.74, 6) is 0.666. The standard InChI is InChI=1S/C18H22ClN3O3/c1-2-24-18(23)22-9-7-13(8-10-22)20-12-14-11-17(25-21-14)15-5-3-4-6-16(15)19/h3-6,11,13,20H,2,7-10,12H2,1H3. The molecule has 1 aromatic heterocycles.